The molecule has 0 unspecified atom stereocenters. The SMILES string of the molecule is CCCCCCCCCCCCCC(=O)OC(=O)CCCCCCCCCCCCC.[NaH].[NaH]. The first-order chi connectivity index (χ1) is 15.2. The van der Waals surface area contributed by atoms with Crippen molar-refractivity contribution >= 4 is 71.1 Å². The maximum absolute atomic E-state index is 11.8. The fraction of sp³-hybridized carbons (Fsp3) is 0.929. The molecule has 0 aromatic carbocycles. The van der Waals surface area contributed by atoms with Gasteiger partial charge in [-0.05, 0) is 12.8 Å². The van der Waals surface area contributed by atoms with Gasteiger partial charge in [-0.3, -0.25) is 9.59 Å². The molecule has 0 saturated carbocycles. The molecular formula is C28H56Na2O3. The van der Waals surface area contributed by atoms with Crippen molar-refractivity contribution in [3.63, 3.8) is 0 Å². The summed E-state index contributed by atoms with van der Waals surface area (Å²) in [6.07, 6.45) is 28.5. The van der Waals surface area contributed by atoms with Crippen LogP contribution in [0.15, 0.2) is 0 Å². The molecule has 0 spiro atoms. The van der Waals surface area contributed by atoms with Crippen molar-refractivity contribution in [2.45, 2.75) is 168 Å². The van der Waals surface area contributed by atoms with Gasteiger partial charge in [-0.2, -0.15) is 0 Å². The first kappa shape index (κ1) is 38.7. The van der Waals surface area contributed by atoms with E-state index < -0.39 is 0 Å². The van der Waals surface area contributed by atoms with E-state index in [0.29, 0.717) is 12.8 Å². The Morgan fingerprint density at radius 1 is 0.394 bits per heavy atom. The summed E-state index contributed by atoms with van der Waals surface area (Å²) in [6.45, 7) is 4.51. The van der Waals surface area contributed by atoms with E-state index in [4.69, 9.17) is 4.74 Å². The van der Waals surface area contributed by atoms with Crippen molar-refractivity contribution < 1.29 is 14.3 Å². The average Bonchev–Trinajstić information content (AvgIpc) is 2.75. The molecule has 5 heteroatoms. The average molecular weight is 487 g/mol. The first-order valence-corrected chi connectivity index (χ1v) is 13.9. The molecule has 3 nitrogen and oxygen atoms in total. The second-order valence-electron chi connectivity index (χ2n) is 9.42. The van der Waals surface area contributed by atoms with Crippen LogP contribution in [-0.4, -0.2) is 71.1 Å². The Morgan fingerprint density at radius 2 is 0.606 bits per heavy atom. The topological polar surface area (TPSA) is 43.4 Å². The Labute approximate surface area is 251 Å². The third kappa shape index (κ3) is 33.1. The van der Waals surface area contributed by atoms with Crippen LogP contribution in [-0.2, 0) is 14.3 Å². The fourth-order valence-corrected chi connectivity index (χ4v) is 4.10. The van der Waals surface area contributed by atoms with Gasteiger partial charge in [0.05, 0.1) is 0 Å². The summed E-state index contributed by atoms with van der Waals surface area (Å²) in [5.74, 6) is -0.659. The molecule has 188 valence electrons. The molecular weight excluding hydrogens is 430 g/mol. The number of ether oxygens (including phenoxy) is 1. The van der Waals surface area contributed by atoms with Crippen molar-refractivity contribution in [1.82, 2.24) is 0 Å². The summed E-state index contributed by atoms with van der Waals surface area (Å²) in [6, 6.07) is 0. The molecule has 0 N–H and O–H groups in total. The maximum atomic E-state index is 11.8. The van der Waals surface area contributed by atoms with Crippen LogP contribution in [0.5, 0.6) is 0 Å². The minimum absolute atomic E-state index is 0. The molecule has 0 aromatic rings. The van der Waals surface area contributed by atoms with Crippen molar-refractivity contribution in [2.24, 2.45) is 0 Å². The van der Waals surface area contributed by atoms with Gasteiger partial charge in [0, 0.05) is 12.8 Å². The van der Waals surface area contributed by atoms with E-state index in [9.17, 15) is 9.59 Å². The number of carbonyl (C=O) groups excluding carboxylic acids is 2. The van der Waals surface area contributed by atoms with Gasteiger partial charge in [0.25, 0.3) is 0 Å². The van der Waals surface area contributed by atoms with Gasteiger partial charge in [-0.1, -0.05) is 142 Å². The van der Waals surface area contributed by atoms with Crippen molar-refractivity contribution in [2.75, 3.05) is 0 Å². The van der Waals surface area contributed by atoms with Gasteiger partial charge in [0.15, 0.2) is 0 Å². The summed E-state index contributed by atoms with van der Waals surface area (Å²) in [7, 11) is 0. The van der Waals surface area contributed by atoms with E-state index in [-0.39, 0.29) is 71.1 Å². The van der Waals surface area contributed by atoms with Crippen LogP contribution in [0.25, 0.3) is 0 Å². The number of hydrogen-bond acceptors (Lipinski definition) is 3. The second-order valence-corrected chi connectivity index (χ2v) is 9.42. The quantitative estimate of drug-likeness (QED) is 0.0598. The predicted octanol–water partition coefficient (Wildman–Crippen LogP) is 8.16. The molecule has 0 fully saturated rings. The van der Waals surface area contributed by atoms with E-state index in [0.717, 1.165) is 25.7 Å². The molecule has 0 aromatic heterocycles. The van der Waals surface area contributed by atoms with Crippen LogP contribution in [0.3, 0.4) is 0 Å². The summed E-state index contributed by atoms with van der Waals surface area (Å²) in [4.78, 5) is 23.5. The molecule has 0 bridgehead atoms. The van der Waals surface area contributed by atoms with Crippen LogP contribution >= 0.6 is 0 Å². The number of unbranched alkanes of at least 4 members (excludes halogenated alkanes) is 20. The normalized spacial score (nSPS) is 10.4. The predicted molar refractivity (Wildman–Crippen MR) is 148 cm³/mol. The summed E-state index contributed by atoms with van der Waals surface area (Å²) in [5, 5.41) is 0. The number of esters is 2. The number of rotatable bonds is 24. The van der Waals surface area contributed by atoms with E-state index >= 15 is 0 Å². The monoisotopic (exact) mass is 486 g/mol. The molecule has 0 radical (unpaired) electrons. The van der Waals surface area contributed by atoms with Gasteiger partial charge >= 0.3 is 71.1 Å². The van der Waals surface area contributed by atoms with Crippen LogP contribution in [0.1, 0.15) is 168 Å². The standard InChI is InChI=1S/C28H54O3.2Na.2H/c1-3-5-7-9-11-13-15-17-19-21-23-25-27(29)31-28(30)26-24-22-20-18-16-14-12-10-8-6-4-2;;;;/h3-26H2,1-2H3;;;;. The van der Waals surface area contributed by atoms with E-state index in [1.807, 2.05) is 0 Å². The number of carbonyl (C=O) groups is 2. The van der Waals surface area contributed by atoms with Gasteiger partial charge in [0.1, 0.15) is 0 Å². The zero-order valence-corrected chi connectivity index (χ0v) is 21.2. The Bertz CT molecular complexity index is 367. The molecule has 0 aliphatic heterocycles. The molecule has 0 aliphatic carbocycles. The second kappa shape index (κ2) is 33.1. The van der Waals surface area contributed by atoms with E-state index in [1.165, 1.54) is 116 Å². The van der Waals surface area contributed by atoms with Gasteiger partial charge < -0.3 is 4.74 Å². The molecule has 0 heterocycles. The molecule has 0 amide bonds. The molecule has 0 atom stereocenters. The zero-order valence-electron chi connectivity index (χ0n) is 21.2. The van der Waals surface area contributed by atoms with Crippen LogP contribution in [0.4, 0.5) is 0 Å². The molecule has 0 rings (SSSR count). The Kier molecular flexibility index (Phi) is 38.8. The number of hydrogen-bond donors (Lipinski definition) is 0. The zero-order chi connectivity index (χ0) is 22.8. The van der Waals surface area contributed by atoms with Crippen LogP contribution in [0.2, 0.25) is 0 Å². The van der Waals surface area contributed by atoms with E-state index in [2.05, 4.69) is 13.8 Å². The summed E-state index contributed by atoms with van der Waals surface area (Å²) >= 11 is 0. The minimum atomic E-state index is -0.330. The molecule has 33 heavy (non-hydrogen) atoms. The Hall–Kier alpha value is 1.14. The Morgan fingerprint density at radius 3 is 0.848 bits per heavy atom. The third-order valence-corrected chi connectivity index (χ3v) is 6.20. The molecule has 0 saturated heterocycles. The van der Waals surface area contributed by atoms with Crippen LogP contribution in [0, 0.1) is 0 Å². The van der Waals surface area contributed by atoms with Crippen LogP contribution < -0.4 is 0 Å². The third-order valence-electron chi connectivity index (χ3n) is 6.20. The Balaban J connectivity index is -0.00000450. The van der Waals surface area contributed by atoms with Crippen molar-refractivity contribution in [1.29, 1.82) is 0 Å². The summed E-state index contributed by atoms with van der Waals surface area (Å²) in [5.41, 5.74) is 0. The first-order valence-electron chi connectivity index (χ1n) is 13.9. The van der Waals surface area contributed by atoms with Gasteiger partial charge in [-0.25, -0.2) is 0 Å². The van der Waals surface area contributed by atoms with Gasteiger partial charge in [0.2, 0.25) is 0 Å². The summed E-state index contributed by atoms with van der Waals surface area (Å²) < 4.78 is 4.96. The van der Waals surface area contributed by atoms with Gasteiger partial charge in [-0.15, -0.1) is 0 Å². The van der Waals surface area contributed by atoms with Crippen molar-refractivity contribution in [3.8, 4) is 0 Å². The van der Waals surface area contributed by atoms with E-state index in [1.54, 1.807) is 0 Å². The fourth-order valence-electron chi connectivity index (χ4n) is 4.10. The van der Waals surface area contributed by atoms with Crippen molar-refractivity contribution in [3.05, 3.63) is 0 Å². The molecule has 0 aliphatic rings.